The van der Waals surface area contributed by atoms with E-state index in [1.165, 1.54) is 0 Å². The molecule has 0 bridgehead atoms. The number of benzene rings is 2. The molecule has 0 aliphatic carbocycles. The summed E-state index contributed by atoms with van der Waals surface area (Å²) < 4.78 is 0. The topological polar surface area (TPSA) is 87.3 Å². The fourth-order valence-corrected chi connectivity index (χ4v) is 2.11. The highest BCUT2D eigenvalue weighted by atomic mass is 35.5. The van der Waals surface area contributed by atoms with Gasteiger partial charge in [-0.15, -0.1) is 0 Å². The summed E-state index contributed by atoms with van der Waals surface area (Å²) in [5, 5.41) is 7.86. The molecule has 0 saturated heterocycles. The third-order valence-electron chi connectivity index (χ3n) is 3.51. The van der Waals surface area contributed by atoms with Gasteiger partial charge in [0.05, 0.1) is 6.54 Å². The molecule has 2 rings (SSSR count). The molecule has 0 aromatic heterocycles. The van der Waals surface area contributed by atoms with E-state index < -0.39 is 17.7 Å². The lowest BCUT2D eigenvalue weighted by Gasteiger charge is -2.09. The molecular weight excluding hydrogens is 342 g/mol. The number of hydrogen-bond donors (Lipinski definition) is 3. The quantitative estimate of drug-likeness (QED) is 0.733. The fourth-order valence-electron chi connectivity index (χ4n) is 1.99. The summed E-state index contributed by atoms with van der Waals surface area (Å²) in [4.78, 5) is 35.4. The molecule has 3 amide bonds. The molecule has 6 nitrogen and oxygen atoms in total. The first-order chi connectivity index (χ1) is 11.8. The van der Waals surface area contributed by atoms with E-state index >= 15 is 0 Å². The molecule has 0 heterocycles. The van der Waals surface area contributed by atoms with Crippen molar-refractivity contribution in [3.8, 4) is 0 Å². The number of carbonyl (C=O) groups is 3. The van der Waals surface area contributed by atoms with Gasteiger partial charge in [0.25, 0.3) is 0 Å². The second-order valence-corrected chi connectivity index (χ2v) is 5.93. The summed E-state index contributed by atoms with van der Waals surface area (Å²) in [6.45, 7) is 3.61. The minimum atomic E-state index is -0.898. The number of anilines is 2. The molecule has 2 aromatic rings. The van der Waals surface area contributed by atoms with Gasteiger partial charge in [-0.1, -0.05) is 17.7 Å². The maximum Gasteiger partial charge on any atom is 0.313 e. The zero-order valence-corrected chi connectivity index (χ0v) is 14.6. The molecule has 0 unspecified atom stereocenters. The van der Waals surface area contributed by atoms with Crippen molar-refractivity contribution in [1.82, 2.24) is 5.32 Å². The van der Waals surface area contributed by atoms with Crippen molar-refractivity contribution in [3.05, 3.63) is 58.6 Å². The number of amides is 3. The zero-order chi connectivity index (χ0) is 18.4. The van der Waals surface area contributed by atoms with Gasteiger partial charge in [-0.2, -0.15) is 0 Å². The first-order valence-electron chi connectivity index (χ1n) is 7.57. The van der Waals surface area contributed by atoms with Crippen molar-refractivity contribution in [2.45, 2.75) is 13.8 Å². The Kier molecular flexibility index (Phi) is 6.14. The van der Waals surface area contributed by atoms with E-state index in [0.29, 0.717) is 16.4 Å². The van der Waals surface area contributed by atoms with Crippen LogP contribution in [0, 0.1) is 13.8 Å². The van der Waals surface area contributed by atoms with E-state index in [1.54, 1.807) is 30.3 Å². The predicted molar refractivity (Wildman–Crippen MR) is 97.6 cm³/mol. The van der Waals surface area contributed by atoms with E-state index in [0.717, 1.165) is 11.1 Å². The Bertz CT molecular complexity index is 804. The highest BCUT2D eigenvalue weighted by Crippen LogP contribution is 2.14. The van der Waals surface area contributed by atoms with Crippen LogP contribution in [0.5, 0.6) is 0 Å². The average Bonchev–Trinajstić information content (AvgIpc) is 2.58. The van der Waals surface area contributed by atoms with Gasteiger partial charge in [-0.3, -0.25) is 14.4 Å². The summed E-state index contributed by atoms with van der Waals surface area (Å²) in [7, 11) is 0. The molecule has 0 radical (unpaired) electrons. The van der Waals surface area contributed by atoms with E-state index in [1.807, 2.05) is 26.0 Å². The number of rotatable bonds is 4. The first kappa shape index (κ1) is 18.5. The van der Waals surface area contributed by atoms with Gasteiger partial charge in [-0.25, -0.2) is 0 Å². The van der Waals surface area contributed by atoms with Crippen molar-refractivity contribution < 1.29 is 14.4 Å². The highest BCUT2D eigenvalue weighted by molar-refractivity contribution is 6.40. The first-order valence-corrected chi connectivity index (χ1v) is 7.95. The van der Waals surface area contributed by atoms with Gasteiger partial charge < -0.3 is 16.0 Å². The lowest BCUT2D eigenvalue weighted by Crippen LogP contribution is -2.39. The number of halogens is 1. The molecule has 2 aromatic carbocycles. The van der Waals surface area contributed by atoms with Crippen LogP contribution in [0.3, 0.4) is 0 Å². The van der Waals surface area contributed by atoms with E-state index in [2.05, 4.69) is 16.0 Å². The van der Waals surface area contributed by atoms with E-state index in [-0.39, 0.29) is 6.54 Å². The molecule has 0 spiro atoms. The van der Waals surface area contributed by atoms with Crippen LogP contribution < -0.4 is 16.0 Å². The standard InChI is InChI=1S/C18H18ClN3O3/c1-11-3-6-15(9-12(11)2)21-16(23)10-20-17(24)18(25)22-14-7-4-13(19)5-8-14/h3-9H,10H2,1-2H3,(H,20,24)(H,21,23)(H,22,25). The van der Waals surface area contributed by atoms with E-state index in [4.69, 9.17) is 11.6 Å². The predicted octanol–water partition coefficient (Wildman–Crippen LogP) is 2.65. The lowest BCUT2D eigenvalue weighted by molar-refractivity contribution is -0.136. The fraction of sp³-hybridized carbons (Fsp3) is 0.167. The molecule has 0 atom stereocenters. The van der Waals surface area contributed by atoms with Crippen LogP contribution in [0.4, 0.5) is 11.4 Å². The molecule has 0 saturated carbocycles. The van der Waals surface area contributed by atoms with Crippen LogP contribution in [0.25, 0.3) is 0 Å². The van der Waals surface area contributed by atoms with Crippen molar-refractivity contribution in [3.63, 3.8) is 0 Å². The Hall–Kier alpha value is -2.86. The Morgan fingerprint density at radius 1 is 0.840 bits per heavy atom. The van der Waals surface area contributed by atoms with Gasteiger partial charge >= 0.3 is 11.8 Å². The Balaban J connectivity index is 1.81. The van der Waals surface area contributed by atoms with Crippen LogP contribution in [-0.2, 0) is 14.4 Å². The van der Waals surface area contributed by atoms with Gasteiger partial charge in [0, 0.05) is 16.4 Å². The van der Waals surface area contributed by atoms with Crippen LogP contribution in [0.15, 0.2) is 42.5 Å². The van der Waals surface area contributed by atoms with Crippen LogP contribution in [0.2, 0.25) is 5.02 Å². The smallest absolute Gasteiger partial charge is 0.313 e. The van der Waals surface area contributed by atoms with Crippen LogP contribution in [-0.4, -0.2) is 24.3 Å². The average molecular weight is 360 g/mol. The molecule has 25 heavy (non-hydrogen) atoms. The Morgan fingerprint density at radius 3 is 2.12 bits per heavy atom. The summed E-state index contributed by atoms with van der Waals surface area (Å²) in [6, 6.07) is 11.8. The molecule has 0 fully saturated rings. The molecular formula is C18H18ClN3O3. The van der Waals surface area contributed by atoms with Gasteiger partial charge in [0.15, 0.2) is 0 Å². The third-order valence-corrected chi connectivity index (χ3v) is 3.76. The molecule has 0 aliphatic heterocycles. The lowest BCUT2D eigenvalue weighted by atomic mass is 10.1. The van der Waals surface area contributed by atoms with Gasteiger partial charge in [0.2, 0.25) is 5.91 Å². The summed E-state index contributed by atoms with van der Waals surface area (Å²) in [6.07, 6.45) is 0. The molecule has 0 aliphatic rings. The summed E-state index contributed by atoms with van der Waals surface area (Å²) in [5.74, 6) is -2.18. The maximum atomic E-state index is 11.9. The van der Waals surface area contributed by atoms with Gasteiger partial charge in [-0.05, 0) is 61.4 Å². The van der Waals surface area contributed by atoms with E-state index in [9.17, 15) is 14.4 Å². The Morgan fingerprint density at radius 2 is 1.48 bits per heavy atom. The van der Waals surface area contributed by atoms with Crippen molar-refractivity contribution in [1.29, 1.82) is 0 Å². The minimum Gasteiger partial charge on any atom is -0.339 e. The largest absolute Gasteiger partial charge is 0.339 e. The van der Waals surface area contributed by atoms with Crippen LogP contribution in [0.1, 0.15) is 11.1 Å². The molecule has 3 N–H and O–H groups in total. The molecule has 130 valence electrons. The summed E-state index contributed by atoms with van der Waals surface area (Å²) in [5.41, 5.74) is 3.23. The zero-order valence-electron chi connectivity index (χ0n) is 13.9. The number of hydrogen-bond acceptors (Lipinski definition) is 3. The van der Waals surface area contributed by atoms with Gasteiger partial charge in [0.1, 0.15) is 0 Å². The third kappa shape index (κ3) is 5.61. The van der Waals surface area contributed by atoms with Crippen molar-refractivity contribution in [2.75, 3.05) is 17.2 Å². The molecule has 7 heteroatoms. The summed E-state index contributed by atoms with van der Waals surface area (Å²) >= 11 is 5.74. The van der Waals surface area contributed by atoms with Crippen molar-refractivity contribution in [2.24, 2.45) is 0 Å². The number of aryl methyl sites for hydroxylation is 2. The number of nitrogens with one attached hydrogen (secondary N) is 3. The van der Waals surface area contributed by atoms with Crippen molar-refractivity contribution >= 4 is 40.7 Å². The normalized spacial score (nSPS) is 10.0. The SMILES string of the molecule is Cc1ccc(NC(=O)CNC(=O)C(=O)Nc2ccc(Cl)cc2)cc1C. The van der Waals surface area contributed by atoms with Crippen LogP contribution >= 0.6 is 11.6 Å². The second-order valence-electron chi connectivity index (χ2n) is 5.49. The second kappa shape index (κ2) is 8.30. The maximum absolute atomic E-state index is 11.9. The Labute approximate surface area is 150 Å². The minimum absolute atomic E-state index is 0.306. The highest BCUT2D eigenvalue weighted by Gasteiger charge is 2.15. The number of carbonyl (C=O) groups excluding carboxylic acids is 3. The monoisotopic (exact) mass is 359 g/mol.